The lowest BCUT2D eigenvalue weighted by atomic mass is 10.3. The molecule has 104 valence electrons. The molecule has 0 unspecified atom stereocenters. The van der Waals surface area contributed by atoms with E-state index in [9.17, 15) is 9.59 Å². The van der Waals surface area contributed by atoms with Gasteiger partial charge in [0.25, 0.3) is 5.56 Å². The molecule has 0 N–H and O–H groups in total. The third kappa shape index (κ3) is 3.67. The lowest BCUT2D eigenvalue weighted by Gasteiger charge is -2.32. The summed E-state index contributed by atoms with van der Waals surface area (Å²) in [6.45, 7) is 3.28. The minimum atomic E-state index is -0.189. The molecule has 2 rings (SSSR count). The summed E-state index contributed by atoms with van der Waals surface area (Å²) in [5.74, 6) is -0.0137. The molecule has 19 heavy (non-hydrogen) atoms. The van der Waals surface area contributed by atoms with Crippen LogP contribution in [-0.2, 0) is 11.3 Å². The van der Waals surface area contributed by atoms with Gasteiger partial charge in [0.05, 0.1) is 4.47 Å². The fourth-order valence-corrected chi connectivity index (χ4v) is 3.24. The number of rotatable bonds is 2. The van der Waals surface area contributed by atoms with Crippen LogP contribution in [0.2, 0.25) is 0 Å². The third-order valence-electron chi connectivity index (χ3n) is 3.17. The highest BCUT2D eigenvalue weighted by atomic mass is 79.9. The predicted molar refractivity (Wildman–Crippen MR) is 80.2 cm³/mol. The summed E-state index contributed by atoms with van der Waals surface area (Å²) in [7, 11) is 2.04. The quantitative estimate of drug-likeness (QED) is 0.758. The van der Waals surface area contributed by atoms with Gasteiger partial charge in [-0.2, -0.15) is 0 Å². The van der Waals surface area contributed by atoms with Crippen molar-refractivity contribution in [3.8, 4) is 0 Å². The van der Waals surface area contributed by atoms with E-state index < -0.39 is 0 Å². The Bertz CT molecular complexity index is 536. The smallest absolute Gasteiger partial charge is 0.265 e. The van der Waals surface area contributed by atoms with Gasteiger partial charge in [0.1, 0.15) is 6.54 Å². The number of likely N-dealkylation sites (N-methyl/N-ethyl adjacent to an activating group) is 1. The Balaban J connectivity index is 2.09. The Labute approximate surface area is 128 Å². The van der Waals surface area contributed by atoms with Crippen molar-refractivity contribution < 1.29 is 4.79 Å². The van der Waals surface area contributed by atoms with Gasteiger partial charge in [-0.3, -0.25) is 9.59 Å². The van der Waals surface area contributed by atoms with Crippen LogP contribution in [0.15, 0.2) is 26.0 Å². The van der Waals surface area contributed by atoms with Crippen molar-refractivity contribution in [3.63, 3.8) is 0 Å². The molecular formula is C12H15Br2N3O2. The molecular weight excluding hydrogens is 378 g/mol. The number of piperazine rings is 1. The number of amides is 1. The number of halogens is 2. The van der Waals surface area contributed by atoms with Crippen molar-refractivity contribution in [3.05, 3.63) is 31.6 Å². The van der Waals surface area contributed by atoms with E-state index in [4.69, 9.17) is 0 Å². The molecule has 5 nitrogen and oxygen atoms in total. The van der Waals surface area contributed by atoms with Crippen LogP contribution in [0, 0.1) is 0 Å². The summed E-state index contributed by atoms with van der Waals surface area (Å²) in [5.41, 5.74) is -0.189. The summed E-state index contributed by atoms with van der Waals surface area (Å²) in [6.07, 6.45) is 1.64. The van der Waals surface area contributed by atoms with Crippen LogP contribution in [0.3, 0.4) is 0 Å². The van der Waals surface area contributed by atoms with Crippen molar-refractivity contribution in [2.45, 2.75) is 6.54 Å². The maximum Gasteiger partial charge on any atom is 0.265 e. The molecule has 1 amide bonds. The first-order valence-corrected chi connectivity index (χ1v) is 7.58. The van der Waals surface area contributed by atoms with E-state index >= 15 is 0 Å². The molecule has 1 aromatic rings. The van der Waals surface area contributed by atoms with Crippen LogP contribution >= 0.6 is 31.9 Å². The zero-order valence-corrected chi connectivity index (χ0v) is 13.8. The minimum Gasteiger partial charge on any atom is -0.339 e. The van der Waals surface area contributed by atoms with Crippen LogP contribution in [-0.4, -0.2) is 53.5 Å². The third-order valence-corrected chi connectivity index (χ3v) is 4.17. The number of hydrogen-bond donors (Lipinski definition) is 0. The van der Waals surface area contributed by atoms with Crippen molar-refractivity contribution >= 4 is 37.8 Å². The van der Waals surface area contributed by atoms with E-state index in [0.29, 0.717) is 4.47 Å². The normalized spacial score (nSPS) is 16.7. The molecule has 0 radical (unpaired) electrons. The Morgan fingerprint density at radius 2 is 1.89 bits per heavy atom. The summed E-state index contributed by atoms with van der Waals surface area (Å²) < 4.78 is 2.65. The number of aromatic nitrogens is 1. The van der Waals surface area contributed by atoms with E-state index in [1.165, 1.54) is 4.57 Å². The van der Waals surface area contributed by atoms with Crippen LogP contribution in [0.25, 0.3) is 0 Å². The van der Waals surface area contributed by atoms with Gasteiger partial charge in [0.15, 0.2) is 0 Å². The Morgan fingerprint density at radius 3 is 2.53 bits per heavy atom. The maximum atomic E-state index is 12.2. The lowest BCUT2D eigenvalue weighted by Crippen LogP contribution is -2.48. The molecule has 0 saturated carbocycles. The molecule has 1 saturated heterocycles. The van der Waals surface area contributed by atoms with Gasteiger partial charge >= 0.3 is 0 Å². The van der Waals surface area contributed by atoms with E-state index in [2.05, 4.69) is 36.8 Å². The first-order valence-electron chi connectivity index (χ1n) is 5.99. The molecule has 1 aliphatic rings. The monoisotopic (exact) mass is 391 g/mol. The fraction of sp³-hybridized carbons (Fsp3) is 0.500. The van der Waals surface area contributed by atoms with Crippen LogP contribution < -0.4 is 5.56 Å². The van der Waals surface area contributed by atoms with E-state index in [1.807, 2.05) is 7.05 Å². The molecule has 1 aliphatic heterocycles. The average molecular weight is 393 g/mol. The van der Waals surface area contributed by atoms with Gasteiger partial charge < -0.3 is 14.4 Å². The molecule has 0 aliphatic carbocycles. The number of pyridine rings is 1. The highest BCUT2D eigenvalue weighted by Crippen LogP contribution is 2.13. The summed E-state index contributed by atoms with van der Waals surface area (Å²) in [6, 6.07) is 1.68. The lowest BCUT2D eigenvalue weighted by molar-refractivity contribution is -0.133. The number of nitrogens with zero attached hydrogens (tertiary/aromatic N) is 3. The van der Waals surface area contributed by atoms with Crippen LogP contribution in [0.5, 0.6) is 0 Å². The molecule has 0 bridgehead atoms. The summed E-state index contributed by atoms with van der Waals surface area (Å²) in [4.78, 5) is 28.1. The van der Waals surface area contributed by atoms with Gasteiger partial charge in [-0.1, -0.05) is 0 Å². The van der Waals surface area contributed by atoms with Gasteiger partial charge in [0, 0.05) is 36.8 Å². The predicted octanol–water partition coefficient (Wildman–Crippen LogP) is 1.15. The summed E-state index contributed by atoms with van der Waals surface area (Å²) in [5, 5.41) is 0. The van der Waals surface area contributed by atoms with Crippen molar-refractivity contribution in [1.29, 1.82) is 0 Å². The zero-order chi connectivity index (χ0) is 14.0. The second kappa shape index (κ2) is 6.19. The van der Waals surface area contributed by atoms with Crippen LogP contribution in [0.1, 0.15) is 0 Å². The van der Waals surface area contributed by atoms with E-state index in [-0.39, 0.29) is 18.0 Å². The maximum absolute atomic E-state index is 12.2. The highest BCUT2D eigenvalue weighted by Gasteiger charge is 2.19. The Kier molecular flexibility index (Phi) is 4.81. The second-order valence-electron chi connectivity index (χ2n) is 4.62. The Hall–Kier alpha value is -0.660. The van der Waals surface area contributed by atoms with Gasteiger partial charge in [-0.15, -0.1) is 0 Å². The topological polar surface area (TPSA) is 45.5 Å². The molecule has 0 aromatic carbocycles. The Morgan fingerprint density at radius 1 is 1.26 bits per heavy atom. The average Bonchev–Trinajstić information content (AvgIpc) is 2.36. The van der Waals surface area contributed by atoms with Crippen molar-refractivity contribution in [1.82, 2.24) is 14.4 Å². The molecule has 7 heteroatoms. The van der Waals surface area contributed by atoms with Crippen molar-refractivity contribution in [2.75, 3.05) is 33.2 Å². The number of carbonyl (C=O) groups is 1. The molecule has 1 aromatic heterocycles. The molecule has 0 spiro atoms. The van der Waals surface area contributed by atoms with E-state index in [0.717, 1.165) is 30.7 Å². The van der Waals surface area contributed by atoms with Gasteiger partial charge in [0.2, 0.25) is 5.91 Å². The van der Waals surface area contributed by atoms with Gasteiger partial charge in [-0.25, -0.2) is 0 Å². The molecule has 1 fully saturated rings. The number of hydrogen-bond acceptors (Lipinski definition) is 3. The first kappa shape index (κ1) is 14.7. The van der Waals surface area contributed by atoms with Crippen LogP contribution in [0.4, 0.5) is 0 Å². The minimum absolute atomic E-state index is 0.0137. The van der Waals surface area contributed by atoms with Crippen molar-refractivity contribution in [2.24, 2.45) is 0 Å². The fourth-order valence-electron chi connectivity index (χ4n) is 1.98. The number of carbonyl (C=O) groups excluding carboxylic acids is 1. The standard InChI is InChI=1S/C12H15Br2N3O2/c1-15-2-4-16(5-3-15)11(18)8-17-7-9(13)6-10(14)12(17)19/h6-7H,2-5,8H2,1H3. The second-order valence-corrected chi connectivity index (χ2v) is 6.39. The van der Waals surface area contributed by atoms with Gasteiger partial charge in [-0.05, 0) is 45.0 Å². The SMILES string of the molecule is CN1CCN(C(=O)Cn2cc(Br)cc(Br)c2=O)CC1. The largest absolute Gasteiger partial charge is 0.339 e. The highest BCUT2D eigenvalue weighted by molar-refractivity contribution is 9.11. The molecule has 0 atom stereocenters. The van der Waals surface area contributed by atoms with E-state index in [1.54, 1.807) is 17.2 Å². The first-order chi connectivity index (χ1) is 8.97. The summed E-state index contributed by atoms with van der Waals surface area (Å²) >= 11 is 6.52. The zero-order valence-electron chi connectivity index (χ0n) is 10.6. The molecule has 2 heterocycles.